The van der Waals surface area contributed by atoms with Crippen LogP contribution in [0.25, 0.3) is 0 Å². The van der Waals surface area contributed by atoms with Crippen molar-refractivity contribution in [3.05, 3.63) is 12.2 Å². The molecular formula is C13H16O3. The van der Waals surface area contributed by atoms with Crippen LogP contribution >= 0.6 is 0 Å². The molecule has 2 fully saturated rings. The van der Waals surface area contributed by atoms with Gasteiger partial charge in [0.1, 0.15) is 0 Å². The molecule has 1 saturated carbocycles. The maximum absolute atomic E-state index is 12.1. The molecule has 1 aliphatic heterocycles. The third kappa shape index (κ3) is 1.09. The molecule has 2 aliphatic carbocycles. The molecule has 3 rings (SSSR count). The Labute approximate surface area is 94.8 Å². The van der Waals surface area contributed by atoms with Crippen LogP contribution in [0.15, 0.2) is 12.2 Å². The van der Waals surface area contributed by atoms with Gasteiger partial charge in [-0.3, -0.25) is 9.59 Å². The fourth-order valence-corrected chi connectivity index (χ4v) is 3.85. The number of cyclic esters (lactones) is 2. The normalized spacial score (nSPS) is 42.2. The molecular weight excluding hydrogens is 204 g/mol. The molecule has 0 spiro atoms. The number of carbonyl (C=O) groups is 2. The Morgan fingerprint density at radius 1 is 1.06 bits per heavy atom. The van der Waals surface area contributed by atoms with Gasteiger partial charge in [0.05, 0.1) is 11.8 Å². The average molecular weight is 220 g/mol. The van der Waals surface area contributed by atoms with Crippen LogP contribution in [-0.4, -0.2) is 11.9 Å². The minimum Gasteiger partial charge on any atom is -0.393 e. The largest absolute Gasteiger partial charge is 0.393 e. The molecule has 0 bridgehead atoms. The van der Waals surface area contributed by atoms with Crippen molar-refractivity contribution in [2.24, 2.45) is 10.8 Å². The van der Waals surface area contributed by atoms with Gasteiger partial charge in [0.15, 0.2) is 0 Å². The first kappa shape index (κ1) is 10.1. The molecule has 0 aromatic carbocycles. The Kier molecular flexibility index (Phi) is 2.00. The first-order valence-corrected chi connectivity index (χ1v) is 6.09. The van der Waals surface area contributed by atoms with E-state index in [-0.39, 0.29) is 22.8 Å². The lowest BCUT2D eigenvalue weighted by Crippen LogP contribution is -2.56. The van der Waals surface area contributed by atoms with Crippen molar-refractivity contribution < 1.29 is 14.3 Å². The number of hydrogen-bond donors (Lipinski definition) is 0. The highest BCUT2D eigenvalue weighted by Gasteiger charge is 2.61. The number of ether oxygens (including phenoxy) is 1. The fraction of sp³-hybridized carbons (Fsp3) is 0.692. The summed E-state index contributed by atoms with van der Waals surface area (Å²) in [5.74, 6) is -0.578. The van der Waals surface area contributed by atoms with Crippen LogP contribution in [0.3, 0.4) is 0 Å². The molecule has 3 heteroatoms. The highest BCUT2D eigenvalue weighted by atomic mass is 16.6. The average Bonchev–Trinajstić information content (AvgIpc) is 2.27. The third-order valence-corrected chi connectivity index (χ3v) is 4.75. The summed E-state index contributed by atoms with van der Waals surface area (Å²) in [5.41, 5.74) is -0.500. The van der Waals surface area contributed by atoms with Gasteiger partial charge in [-0.1, -0.05) is 25.0 Å². The van der Waals surface area contributed by atoms with E-state index in [0.29, 0.717) is 6.42 Å². The van der Waals surface area contributed by atoms with Crippen molar-refractivity contribution >= 4 is 11.9 Å². The van der Waals surface area contributed by atoms with Gasteiger partial charge in [0, 0.05) is 5.41 Å². The van der Waals surface area contributed by atoms with Gasteiger partial charge in [-0.25, -0.2) is 0 Å². The Balaban J connectivity index is 2.10. The minimum absolute atomic E-state index is 0.119. The third-order valence-electron chi connectivity index (χ3n) is 4.75. The van der Waals surface area contributed by atoms with Crippen molar-refractivity contribution in [2.75, 3.05) is 0 Å². The Morgan fingerprint density at radius 2 is 1.81 bits per heavy atom. The molecule has 1 saturated heterocycles. The molecule has 3 nitrogen and oxygen atoms in total. The highest BCUT2D eigenvalue weighted by Crippen LogP contribution is 2.61. The summed E-state index contributed by atoms with van der Waals surface area (Å²) in [6.07, 6.45) is 10.4. The zero-order valence-electron chi connectivity index (χ0n) is 9.33. The summed E-state index contributed by atoms with van der Waals surface area (Å²) in [5, 5.41) is 0. The molecule has 0 amide bonds. The summed E-state index contributed by atoms with van der Waals surface area (Å²) in [6, 6.07) is 0. The van der Waals surface area contributed by atoms with Crippen LogP contribution in [0.4, 0.5) is 0 Å². The van der Waals surface area contributed by atoms with Crippen LogP contribution in [0.5, 0.6) is 0 Å². The van der Waals surface area contributed by atoms with E-state index in [1.807, 2.05) is 0 Å². The van der Waals surface area contributed by atoms with E-state index in [1.54, 1.807) is 0 Å². The van der Waals surface area contributed by atoms with Crippen LogP contribution in [0.1, 0.15) is 44.9 Å². The summed E-state index contributed by atoms with van der Waals surface area (Å²) in [6.45, 7) is 0. The first-order chi connectivity index (χ1) is 7.69. The van der Waals surface area contributed by atoms with Crippen LogP contribution < -0.4 is 0 Å². The summed E-state index contributed by atoms with van der Waals surface area (Å²) >= 11 is 0. The summed E-state index contributed by atoms with van der Waals surface area (Å²) < 4.78 is 4.90. The quantitative estimate of drug-likeness (QED) is 0.357. The lowest BCUT2D eigenvalue weighted by molar-refractivity contribution is -0.193. The van der Waals surface area contributed by atoms with Gasteiger partial charge in [-0.05, 0) is 25.7 Å². The topological polar surface area (TPSA) is 43.4 Å². The number of carbonyl (C=O) groups excluding carboxylic acids is 2. The second-order valence-electron chi connectivity index (χ2n) is 5.39. The van der Waals surface area contributed by atoms with Gasteiger partial charge in [-0.15, -0.1) is 0 Å². The zero-order chi connectivity index (χ0) is 11.2. The maximum atomic E-state index is 12.1. The predicted octanol–water partition coefficient (Wildman–Crippen LogP) is 2.36. The van der Waals surface area contributed by atoms with Gasteiger partial charge >= 0.3 is 11.9 Å². The van der Waals surface area contributed by atoms with Crippen molar-refractivity contribution in [3.63, 3.8) is 0 Å². The molecule has 16 heavy (non-hydrogen) atoms. The molecule has 0 aromatic heterocycles. The Bertz CT molecular complexity index is 385. The van der Waals surface area contributed by atoms with E-state index in [4.69, 9.17) is 4.74 Å². The summed E-state index contributed by atoms with van der Waals surface area (Å²) in [4.78, 5) is 23.6. The van der Waals surface area contributed by atoms with Crippen LogP contribution in [0.2, 0.25) is 0 Å². The van der Waals surface area contributed by atoms with Crippen molar-refractivity contribution in [1.82, 2.24) is 0 Å². The van der Waals surface area contributed by atoms with Crippen molar-refractivity contribution in [2.45, 2.75) is 44.9 Å². The number of hydrogen-bond acceptors (Lipinski definition) is 3. The molecule has 0 radical (unpaired) electrons. The lowest BCUT2D eigenvalue weighted by Gasteiger charge is -2.54. The molecule has 0 aromatic rings. The maximum Gasteiger partial charge on any atom is 0.320 e. The SMILES string of the molecule is O=C1C[C@@]23CC=CC[C@@]2(CCCC3)C(=O)O1. The minimum atomic E-state index is -0.381. The van der Waals surface area contributed by atoms with Gasteiger partial charge in [0.2, 0.25) is 0 Å². The molecule has 3 aliphatic rings. The predicted molar refractivity (Wildman–Crippen MR) is 57.4 cm³/mol. The zero-order valence-corrected chi connectivity index (χ0v) is 9.33. The number of rotatable bonds is 0. The van der Waals surface area contributed by atoms with Gasteiger partial charge in [-0.2, -0.15) is 0 Å². The second kappa shape index (κ2) is 3.19. The molecule has 1 heterocycles. The smallest absolute Gasteiger partial charge is 0.320 e. The monoisotopic (exact) mass is 220 g/mol. The van der Waals surface area contributed by atoms with Crippen LogP contribution in [-0.2, 0) is 14.3 Å². The Hall–Kier alpha value is -1.12. The molecule has 2 atom stereocenters. The summed E-state index contributed by atoms with van der Waals surface area (Å²) in [7, 11) is 0. The molecule has 0 N–H and O–H groups in total. The van der Waals surface area contributed by atoms with Gasteiger partial charge < -0.3 is 4.74 Å². The van der Waals surface area contributed by atoms with Crippen LogP contribution in [0, 0.1) is 10.8 Å². The van der Waals surface area contributed by atoms with E-state index in [2.05, 4.69) is 12.2 Å². The van der Waals surface area contributed by atoms with E-state index in [1.165, 1.54) is 0 Å². The number of allylic oxidation sites excluding steroid dienone is 2. The standard InChI is InChI=1S/C13H16O3/c14-10-9-12-5-1-3-7-13(12,11(15)16-10)8-4-2-6-12/h1,3H,2,4-9H2/t12-,13+/m0/s1. The first-order valence-electron chi connectivity index (χ1n) is 6.09. The number of esters is 2. The van der Waals surface area contributed by atoms with E-state index in [0.717, 1.165) is 38.5 Å². The van der Waals surface area contributed by atoms with Crippen molar-refractivity contribution in [1.29, 1.82) is 0 Å². The fourth-order valence-electron chi connectivity index (χ4n) is 3.85. The van der Waals surface area contributed by atoms with Crippen molar-refractivity contribution in [3.8, 4) is 0 Å². The molecule has 86 valence electrons. The van der Waals surface area contributed by atoms with E-state index < -0.39 is 0 Å². The van der Waals surface area contributed by atoms with Gasteiger partial charge in [0.25, 0.3) is 0 Å². The second-order valence-corrected chi connectivity index (χ2v) is 5.39. The highest BCUT2D eigenvalue weighted by molar-refractivity contribution is 5.93. The van der Waals surface area contributed by atoms with E-state index >= 15 is 0 Å². The molecule has 0 unspecified atom stereocenters. The Morgan fingerprint density at radius 3 is 2.69 bits per heavy atom. The lowest BCUT2D eigenvalue weighted by atomic mass is 9.49. The van der Waals surface area contributed by atoms with E-state index in [9.17, 15) is 9.59 Å².